The number of amides is 2. The van der Waals surface area contributed by atoms with Gasteiger partial charge in [-0.15, -0.1) is 0 Å². The summed E-state index contributed by atoms with van der Waals surface area (Å²) in [5, 5.41) is 9.20. The summed E-state index contributed by atoms with van der Waals surface area (Å²) in [6.07, 6.45) is 0.561. The first kappa shape index (κ1) is 14.3. The van der Waals surface area contributed by atoms with Gasteiger partial charge in [0.25, 0.3) is 5.24 Å². The Morgan fingerprint density at radius 2 is 2.35 bits per heavy atom. The molecule has 1 rings (SSSR count). The first-order chi connectivity index (χ1) is 8.00. The third-order valence-electron chi connectivity index (χ3n) is 2.75. The zero-order chi connectivity index (χ0) is 12.8. The number of carbonyl (C=O) groups is 2. The number of aliphatic hydroxyl groups is 1. The first-order valence-electron chi connectivity index (χ1n) is 5.84. The van der Waals surface area contributed by atoms with Crippen LogP contribution in [0.1, 0.15) is 19.8 Å². The van der Waals surface area contributed by atoms with Crippen LogP contribution in [-0.4, -0.2) is 64.6 Å². The summed E-state index contributed by atoms with van der Waals surface area (Å²) in [5.41, 5.74) is 0. The summed E-state index contributed by atoms with van der Waals surface area (Å²) in [7, 11) is 1.73. The van der Waals surface area contributed by atoms with Crippen molar-refractivity contribution in [1.29, 1.82) is 0 Å². The van der Waals surface area contributed by atoms with Crippen molar-refractivity contribution in [3.8, 4) is 0 Å². The molecule has 98 valence electrons. The molecular weight excluding hydrogens is 240 g/mol. The Labute approximate surface area is 106 Å². The molecule has 1 fully saturated rings. The zero-order valence-electron chi connectivity index (χ0n) is 10.4. The van der Waals surface area contributed by atoms with Crippen LogP contribution in [0.3, 0.4) is 0 Å². The van der Waals surface area contributed by atoms with E-state index in [1.54, 1.807) is 23.8 Å². The predicted octanol–water partition coefficient (Wildman–Crippen LogP) is 0.775. The van der Waals surface area contributed by atoms with E-state index in [1.165, 1.54) is 11.8 Å². The third kappa shape index (κ3) is 4.95. The van der Waals surface area contributed by atoms with Crippen molar-refractivity contribution in [2.24, 2.45) is 0 Å². The lowest BCUT2D eigenvalue weighted by Crippen LogP contribution is -2.33. The molecular formula is C11H20N2O3S. The average Bonchev–Trinajstić information content (AvgIpc) is 2.68. The molecule has 0 aliphatic carbocycles. The molecule has 2 amide bonds. The fourth-order valence-electron chi connectivity index (χ4n) is 1.56. The summed E-state index contributed by atoms with van der Waals surface area (Å²) in [6, 6.07) is 0. The average molecular weight is 260 g/mol. The van der Waals surface area contributed by atoms with Crippen LogP contribution in [0, 0.1) is 0 Å². The lowest BCUT2D eigenvalue weighted by atomic mass is 10.2. The van der Waals surface area contributed by atoms with Gasteiger partial charge in [-0.3, -0.25) is 9.59 Å². The number of carbonyl (C=O) groups excluding carboxylic acids is 2. The van der Waals surface area contributed by atoms with Crippen molar-refractivity contribution in [2.75, 3.05) is 32.4 Å². The lowest BCUT2D eigenvalue weighted by Gasteiger charge is -2.20. The third-order valence-corrected chi connectivity index (χ3v) is 3.64. The molecule has 5 nitrogen and oxygen atoms in total. The molecule has 6 heteroatoms. The van der Waals surface area contributed by atoms with Crippen molar-refractivity contribution in [3.05, 3.63) is 0 Å². The summed E-state index contributed by atoms with van der Waals surface area (Å²) < 4.78 is 0. The molecule has 0 radical (unpaired) electrons. The van der Waals surface area contributed by atoms with Crippen LogP contribution in [0.15, 0.2) is 0 Å². The van der Waals surface area contributed by atoms with E-state index in [9.17, 15) is 9.59 Å². The van der Waals surface area contributed by atoms with Crippen molar-refractivity contribution in [3.63, 3.8) is 0 Å². The molecule has 0 bridgehead atoms. The summed E-state index contributed by atoms with van der Waals surface area (Å²) in [4.78, 5) is 26.3. The molecule has 1 unspecified atom stereocenters. The molecule has 0 spiro atoms. The van der Waals surface area contributed by atoms with E-state index in [0.717, 1.165) is 12.3 Å². The number of aliphatic hydroxyl groups excluding tert-OH is 1. The number of thioether (sulfide) groups is 1. The standard InChI is InChI=1S/C11H20N2O3S/c1-9(14)3-5-12(2)10(15)4-6-13-7-8-17-11(13)16/h9,14H,3-8H2,1-2H3. The van der Waals surface area contributed by atoms with Gasteiger partial charge in [0.05, 0.1) is 6.10 Å². The maximum absolute atomic E-state index is 11.7. The second-order valence-electron chi connectivity index (χ2n) is 4.30. The normalized spacial score (nSPS) is 17.4. The molecule has 1 saturated heterocycles. The second-order valence-corrected chi connectivity index (χ2v) is 5.35. The Kier molecular flexibility index (Phi) is 5.77. The molecule has 1 atom stereocenters. The molecule has 17 heavy (non-hydrogen) atoms. The highest BCUT2D eigenvalue weighted by Gasteiger charge is 2.22. The first-order valence-corrected chi connectivity index (χ1v) is 6.83. The van der Waals surface area contributed by atoms with Gasteiger partial charge in [-0.1, -0.05) is 11.8 Å². The lowest BCUT2D eigenvalue weighted by molar-refractivity contribution is -0.130. The van der Waals surface area contributed by atoms with Gasteiger partial charge in [0.15, 0.2) is 0 Å². The van der Waals surface area contributed by atoms with E-state index in [0.29, 0.717) is 25.9 Å². The van der Waals surface area contributed by atoms with Crippen LogP contribution in [-0.2, 0) is 4.79 Å². The number of rotatable bonds is 6. The van der Waals surface area contributed by atoms with E-state index in [1.807, 2.05) is 0 Å². The molecule has 0 saturated carbocycles. The summed E-state index contributed by atoms with van der Waals surface area (Å²) >= 11 is 1.31. The molecule has 0 aromatic heterocycles. The van der Waals surface area contributed by atoms with Gasteiger partial charge in [0.2, 0.25) is 5.91 Å². The minimum Gasteiger partial charge on any atom is -0.393 e. The fraction of sp³-hybridized carbons (Fsp3) is 0.818. The van der Waals surface area contributed by atoms with Gasteiger partial charge < -0.3 is 14.9 Å². The van der Waals surface area contributed by atoms with Gasteiger partial charge in [-0.05, 0) is 13.3 Å². The van der Waals surface area contributed by atoms with Gasteiger partial charge in [0, 0.05) is 38.9 Å². The highest BCUT2D eigenvalue weighted by molar-refractivity contribution is 8.13. The minimum absolute atomic E-state index is 0.0235. The zero-order valence-corrected chi connectivity index (χ0v) is 11.2. The Bertz CT molecular complexity index is 284. The van der Waals surface area contributed by atoms with Crippen molar-refractivity contribution < 1.29 is 14.7 Å². The molecule has 0 aromatic carbocycles. The molecule has 1 heterocycles. The van der Waals surface area contributed by atoms with E-state index in [-0.39, 0.29) is 17.3 Å². The van der Waals surface area contributed by atoms with E-state index in [4.69, 9.17) is 5.11 Å². The van der Waals surface area contributed by atoms with E-state index >= 15 is 0 Å². The van der Waals surface area contributed by atoms with Crippen LogP contribution in [0.25, 0.3) is 0 Å². The fourth-order valence-corrected chi connectivity index (χ4v) is 2.41. The minimum atomic E-state index is -0.387. The second kappa shape index (κ2) is 6.86. The van der Waals surface area contributed by atoms with Crippen LogP contribution >= 0.6 is 11.8 Å². The Hall–Kier alpha value is -0.750. The van der Waals surface area contributed by atoms with Gasteiger partial charge >= 0.3 is 0 Å². The van der Waals surface area contributed by atoms with Gasteiger partial charge in [0.1, 0.15) is 0 Å². The Morgan fingerprint density at radius 3 is 2.88 bits per heavy atom. The molecule has 1 aliphatic heterocycles. The topological polar surface area (TPSA) is 60.9 Å². The largest absolute Gasteiger partial charge is 0.393 e. The van der Waals surface area contributed by atoms with Gasteiger partial charge in [-0.25, -0.2) is 0 Å². The summed E-state index contributed by atoms with van der Waals surface area (Å²) in [6.45, 7) is 3.51. The highest BCUT2D eigenvalue weighted by Crippen LogP contribution is 2.17. The van der Waals surface area contributed by atoms with Gasteiger partial charge in [-0.2, -0.15) is 0 Å². The van der Waals surface area contributed by atoms with Crippen molar-refractivity contribution >= 4 is 22.9 Å². The van der Waals surface area contributed by atoms with Crippen LogP contribution in [0.5, 0.6) is 0 Å². The SMILES string of the molecule is CC(O)CCN(C)C(=O)CCN1CCSC1=O. The highest BCUT2D eigenvalue weighted by atomic mass is 32.2. The number of nitrogens with zero attached hydrogens (tertiary/aromatic N) is 2. The Balaban J connectivity index is 2.21. The van der Waals surface area contributed by atoms with E-state index in [2.05, 4.69) is 0 Å². The van der Waals surface area contributed by atoms with E-state index < -0.39 is 0 Å². The quantitative estimate of drug-likeness (QED) is 0.766. The smallest absolute Gasteiger partial charge is 0.281 e. The van der Waals surface area contributed by atoms with Crippen LogP contribution in [0.2, 0.25) is 0 Å². The molecule has 0 aromatic rings. The predicted molar refractivity (Wildman–Crippen MR) is 68.0 cm³/mol. The maximum atomic E-state index is 11.7. The number of hydrogen-bond acceptors (Lipinski definition) is 4. The molecule has 1 N–H and O–H groups in total. The summed E-state index contributed by atoms with van der Waals surface area (Å²) in [5.74, 6) is 0.848. The number of hydrogen-bond donors (Lipinski definition) is 1. The van der Waals surface area contributed by atoms with Crippen molar-refractivity contribution in [2.45, 2.75) is 25.9 Å². The monoisotopic (exact) mass is 260 g/mol. The maximum Gasteiger partial charge on any atom is 0.281 e. The van der Waals surface area contributed by atoms with Crippen LogP contribution in [0.4, 0.5) is 4.79 Å². The van der Waals surface area contributed by atoms with Crippen LogP contribution < -0.4 is 0 Å². The Morgan fingerprint density at radius 1 is 1.65 bits per heavy atom. The molecule has 1 aliphatic rings. The van der Waals surface area contributed by atoms with Crippen molar-refractivity contribution in [1.82, 2.24) is 9.80 Å².